The van der Waals surface area contributed by atoms with Crippen molar-refractivity contribution in [2.45, 2.75) is 39.0 Å². The Kier molecular flexibility index (Phi) is 4.87. The normalized spacial score (nSPS) is 21.2. The van der Waals surface area contributed by atoms with E-state index >= 15 is 0 Å². The van der Waals surface area contributed by atoms with Gasteiger partial charge in [0.25, 0.3) is 0 Å². The number of morpholine rings is 1. The van der Waals surface area contributed by atoms with Gasteiger partial charge in [0.15, 0.2) is 0 Å². The molecule has 1 atom stereocenters. The molecule has 7 nitrogen and oxygen atoms in total. The molecule has 25 heavy (non-hydrogen) atoms. The lowest BCUT2D eigenvalue weighted by Crippen LogP contribution is -2.49. The van der Waals surface area contributed by atoms with Crippen molar-refractivity contribution in [1.29, 1.82) is 0 Å². The van der Waals surface area contributed by atoms with Crippen molar-refractivity contribution >= 4 is 23.8 Å². The second kappa shape index (κ2) is 6.93. The Hall–Kier alpha value is -2.25. The lowest BCUT2D eigenvalue weighted by Gasteiger charge is -2.32. The van der Waals surface area contributed by atoms with Gasteiger partial charge in [-0.25, -0.2) is 9.78 Å². The van der Waals surface area contributed by atoms with Gasteiger partial charge in [-0.15, -0.1) is 0 Å². The topological polar surface area (TPSA) is 80.8 Å². The summed E-state index contributed by atoms with van der Waals surface area (Å²) in [7, 11) is 0. The Bertz CT molecular complexity index is 709. The quantitative estimate of drug-likeness (QED) is 0.648. The van der Waals surface area contributed by atoms with Crippen LogP contribution in [0.15, 0.2) is 18.3 Å². The van der Waals surface area contributed by atoms with Crippen molar-refractivity contribution in [3.05, 3.63) is 29.5 Å². The standard InChI is InChI=1S/C18H23N3O4/c1-18(2,3)25-15(22)5-4-12-8-13-10-21-6-7-24-11-14(21)17(23)20-16(13)19-9-12/h4-5,8-9,14H,6-7,10-11H2,1-3H3,(H,19,20,23). The zero-order valence-corrected chi connectivity index (χ0v) is 14.7. The number of carbonyl (C=O) groups is 2. The lowest BCUT2D eigenvalue weighted by molar-refractivity contribution is -0.148. The van der Waals surface area contributed by atoms with Gasteiger partial charge in [-0.1, -0.05) is 0 Å². The minimum absolute atomic E-state index is 0.0944. The highest BCUT2D eigenvalue weighted by molar-refractivity contribution is 5.95. The smallest absolute Gasteiger partial charge is 0.331 e. The van der Waals surface area contributed by atoms with Gasteiger partial charge in [0.2, 0.25) is 5.91 Å². The molecule has 0 aliphatic carbocycles. The predicted molar refractivity (Wildman–Crippen MR) is 92.8 cm³/mol. The maximum absolute atomic E-state index is 12.3. The molecule has 3 rings (SSSR count). The average molecular weight is 345 g/mol. The van der Waals surface area contributed by atoms with Crippen molar-refractivity contribution in [2.24, 2.45) is 0 Å². The second-order valence-electron chi connectivity index (χ2n) is 7.19. The highest BCUT2D eigenvalue weighted by Crippen LogP contribution is 2.24. The molecule has 1 unspecified atom stereocenters. The summed E-state index contributed by atoms with van der Waals surface area (Å²) >= 11 is 0. The summed E-state index contributed by atoms with van der Waals surface area (Å²) < 4.78 is 10.7. The van der Waals surface area contributed by atoms with Gasteiger partial charge in [-0.3, -0.25) is 9.69 Å². The number of pyridine rings is 1. The van der Waals surface area contributed by atoms with Gasteiger partial charge >= 0.3 is 5.97 Å². The van der Waals surface area contributed by atoms with Crippen LogP contribution in [0.2, 0.25) is 0 Å². The third-order valence-electron chi connectivity index (χ3n) is 3.96. The minimum Gasteiger partial charge on any atom is -0.457 e. The first-order valence-corrected chi connectivity index (χ1v) is 8.34. The number of ether oxygens (including phenoxy) is 2. The lowest BCUT2D eigenvalue weighted by atomic mass is 10.1. The van der Waals surface area contributed by atoms with E-state index in [1.54, 1.807) is 12.3 Å². The van der Waals surface area contributed by atoms with E-state index in [9.17, 15) is 9.59 Å². The van der Waals surface area contributed by atoms with E-state index in [4.69, 9.17) is 9.47 Å². The van der Waals surface area contributed by atoms with E-state index in [1.807, 2.05) is 26.8 Å². The largest absolute Gasteiger partial charge is 0.457 e. The molecule has 1 aromatic heterocycles. The first-order valence-electron chi connectivity index (χ1n) is 8.34. The summed E-state index contributed by atoms with van der Waals surface area (Å²) in [4.78, 5) is 30.5. The number of nitrogens with one attached hydrogen (secondary N) is 1. The predicted octanol–water partition coefficient (Wildman–Crippen LogP) is 1.59. The summed E-state index contributed by atoms with van der Waals surface area (Å²) in [5.74, 6) is 0.0702. The fraction of sp³-hybridized carbons (Fsp3) is 0.500. The molecule has 1 fully saturated rings. The van der Waals surface area contributed by atoms with E-state index < -0.39 is 11.6 Å². The highest BCUT2D eigenvalue weighted by atomic mass is 16.6. The molecule has 2 aliphatic rings. The molecule has 0 bridgehead atoms. The zero-order valence-electron chi connectivity index (χ0n) is 14.7. The highest BCUT2D eigenvalue weighted by Gasteiger charge is 2.33. The number of carbonyl (C=O) groups excluding carboxylic acids is 2. The molecular formula is C18H23N3O4. The monoisotopic (exact) mass is 345 g/mol. The number of rotatable bonds is 2. The molecule has 3 heterocycles. The van der Waals surface area contributed by atoms with Crippen LogP contribution < -0.4 is 5.32 Å². The Morgan fingerprint density at radius 1 is 1.48 bits per heavy atom. The summed E-state index contributed by atoms with van der Waals surface area (Å²) in [5.41, 5.74) is 1.18. The second-order valence-corrected chi connectivity index (χ2v) is 7.19. The van der Waals surface area contributed by atoms with Gasteiger partial charge < -0.3 is 14.8 Å². The van der Waals surface area contributed by atoms with E-state index in [2.05, 4.69) is 15.2 Å². The van der Waals surface area contributed by atoms with Crippen molar-refractivity contribution in [3.63, 3.8) is 0 Å². The number of amides is 1. The van der Waals surface area contributed by atoms with E-state index in [0.717, 1.165) is 11.1 Å². The third-order valence-corrected chi connectivity index (χ3v) is 3.96. The van der Waals surface area contributed by atoms with Gasteiger partial charge in [0.1, 0.15) is 17.5 Å². The summed E-state index contributed by atoms with van der Waals surface area (Å²) in [6.07, 6.45) is 4.69. The zero-order chi connectivity index (χ0) is 18.0. The maximum atomic E-state index is 12.3. The fourth-order valence-corrected chi connectivity index (χ4v) is 2.84. The Morgan fingerprint density at radius 2 is 2.28 bits per heavy atom. The van der Waals surface area contributed by atoms with Crippen molar-refractivity contribution in [2.75, 3.05) is 25.1 Å². The molecule has 7 heteroatoms. The molecule has 2 aliphatic heterocycles. The van der Waals surface area contributed by atoms with Crippen LogP contribution in [0.1, 0.15) is 31.9 Å². The molecule has 1 aromatic rings. The average Bonchev–Trinajstić information content (AvgIpc) is 2.67. The molecule has 0 radical (unpaired) electrons. The summed E-state index contributed by atoms with van der Waals surface area (Å²) in [5, 5.41) is 2.86. The summed E-state index contributed by atoms with van der Waals surface area (Å²) in [6.45, 7) is 7.80. The minimum atomic E-state index is -0.525. The van der Waals surface area contributed by atoms with Crippen molar-refractivity contribution in [1.82, 2.24) is 9.88 Å². The molecule has 0 aromatic carbocycles. The Balaban J connectivity index is 1.77. The number of aromatic nitrogens is 1. The van der Waals surface area contributed by atoms with Crippen LogP contribution >= 0.6 is 0 Å². The molecule has 1 saturated heterocycles. The molecule has 0 spiro atoms. The number of hydrogen-bond acceptors (Lipinski definition) is 6. The van der Waals surface area contributed by atoms with Crippen LogP contribution in [0.4, 0.5) is 5.82 Å². The van der Waals surface area contributed by atoms with Gasteiger partial charge in [0, 0.05) is 30.9 Å². The van der Waals surface area contributed by atoms with Gasteiger partial charge in [-0.2, -0.15) is 0 Å². The van der Waals surface area contributed by atoms with E-state index in [1.165, 1.54) is 6.08 Å². The maximum Gasteiger partial charge on any atom is 0.331 e. The number of hydrogen-bond donors (Lipinski definition) is 1. The van der Waals surface area contributed by atoms with Crippen LogP contribution in [0.25, 0.3) is 6.08 Å². The number of nitrogens with zero attached hydrogens (tertiary/aromatic N) is 2. The van der Waals surface area contributed by atoms with Crippen LogP contribution in [-0.2, 0) is 25.6 Å². The van der Waals surface area contributed by atoms with Crippen molar-refractivity contribution in [3.8, 4) is 0 Å². The van der Waals surface area contributed by atoms with Gasteiger partial charge in [0.05, 0.1) is 13.2 Å². The van der Waals surface area contributed by atoms with Crippen LogP contribution in [0, 0.1) is 0 Å². The molecule has 0 saturated carbocycles. The first kappa shape index (κ1) is 17.6. The molecule has 1 amide bonds. The molecule has 134 valence electrons. The first-order chi connectivity index (χ1) is 11.8. The number of anilines is 1. The van der Waals surface area contributed by atoms with E-state index in [-0.39, 0.29) is 11.9 Å². The Labute approximate surface area is 147 Å². The van der Waals surface area contributed by atoms with Crippen LogP contribution in [-0.4, -0.2) is 53.2 Å². The summed E-state index contributed by atoms with van der Waals surface area (Å²) in [6, 6.07) is 1.64. The third kappa shape index (κ3) is 4.43. The molecule has 1 N–H and O–H groups in total. The number of esters is 1. The fourth-order valence-electron chi connectivity index (χ4n) is 2.84. The van der Waals surface area contributed by atoms with Crippen LogP contribution in [0.5, 0.6) is 0 Å². The van der Waals surface area contributed by atoms with Crippen molar-refractivity contribution < 1.29 is 19.1 Å². The van der Waals surface area contributed by atoms with Gasteiger partial charge in [-0.05, 0) is 38.5 Å². The molecular weight excluding hydrogens is 322 g/mol. The SMILES string of the molecule is CC(C)(C)OC(=O)C=Cc1cnc2c(c1)CN1CCOCC1C(=O)N2. The van der Waals surface area contributed by atoms with Crippen LogP contribution in [0.3, 0.4) is 0 Å². The van der Waals surface area contributed by atoms with E-state index in [0.29, 0.717) is 32.1 Å². The number of fused-ring (bicyclic) bond motifs is 2. The Morgan fingerprint density at radius 3 is 3.04 bits per heavy atom.